The van der Waals surface area contributed by atoms with Crippen LogP contribution in [0.25, 0.3) is 0 Å². The Labute approximate surface area is 116 Å². The number of rotatable bonds is 7. The fourth-order valence-corrected chi connectivity index (χ4v) is 3.27. The summed E-state index contributed by atoms with van der Waals surface area (Å²) in [6.45, 7) is 6.22. The lowest BCUT2D eigenvalue weighted by molar-refractivity contribution is -0.121. The Morgan fingerprint density at radius 3 is 2.42 bits per heavy atom. The Kier molecular flexibility index (Phi) is 6.74. The van der Waals surface area contributed by atoms with E-state index in [4.69, 9.17) is 0 Å². The van der Waals surface area contributed by atoms with Crippen LogP contribution in [0.15, 0.2) is 0 Å². The van der Waals surface area contributed by atoms with E-state index < -0.39 is 10.0 Å². The summed E-state index contributed by atoms with van der Waals surface area (Å²) in [6.07, 6.45) is 1.87. The minimum Gasteiger partial charge on any atom is -0.353 e. The number of nitrogens with one attached hydrogen (secondary N) is 2. The minimum atomic E-state index is -3.08. The maximum Gasteiger partial charge on any atom is 0.221 e. The molecule has 1 rings (SSSR count). The molecule has 1 heterocycles. The molecule has 0 aromatic carbocycles. The summed E-state index contributed by atoms with van der Waals surface area (Å²) >= 11 is 0. The molecule has 0 aromatic heterocycles. The van der Waals surface area contributed by atoms with Gasteiger partial charge in [0.05, 0.1) is 5.75 Å². The van der Waals surface area contributed by atoms with Crippen LogP contribution in [0.2, 0.25) is 0 Å². The van der Waals surface area contributed by atoms with Crippen molar-refractivity contribution in [3.8, 4) is 0 Å². The molecule has 6 nitrogen and oxygen atoms in total. The van der Waals surface area contributed by atoms with Crippen LogP contribution in [0.1, 0.15) is 33.1 Å². The molecule has 0 radical (unpaired) electrons. The molecule has 7 heteroatoms. The van der Waals surface area contributed by atoms with Gasteiger partial charge in [0, 0.05) is 32.1 Å². The number of amides is 1. The van der Waals surface area contributed by atoms with E-state index in [0.29, 0.717) is 38.9 Å². The van der Waals surface area contributed by atoms with Crippen molar-refractivity contribution in [2.45, 2.75) is 39.2 Å². The normalized spacial score (nSPS) is 18.4. The quantitative estimate of drug-likeness (QED) is 0.643. The van der Waals surface area contributed by atoms with Gasteiger partial charge in [-0.1, -0.05) is 6.92 Å². The Balaban J connectivity index is 2.28. The summed E-state index contributed by atoms with van der Waals surface area (Å²) in [4.78, 5) is 11.6. The number of sulfonamides is 1. The second-order valence-electron chi connectivity index (χ2n) is 4.74. The molecule has 0 saturated carbocycles. The van der Waals surface area contributed by atoms with Gasteiger partial charge in [-0.15, -0.1) is 0 Å². The second kappa shape index (κ2) is 7.81. The Morgan fingerprint density at radius 1 is 1.26 bits per heavy atom. The van der Waals surface area contributed by atoms with Crippen LogP contribution in [-0.4, -0.2) is 56.6 Å². The molecule has 0 spiro atoms. The third-order valence-electron chi connectivity index (χ3n) is 3.36. The van der Waals surface area contributed by atoms with E-state index in [0.717, 1.165) is 6.54 Å². The molecule has 0 atom stereocenters. The predicted molar refractivity (Wildman–Crippen MR) is 75.4 cm³/mol. The molecule has 1 aliphatic rings. The van der Waals surface area contributed by atoms with Crippen LogP contribution in [0.4, 0.5) is 0 Å². The van der Waals surface area contributed by atoms with Gasteiger partial charge >= 0.3 is 0 Å². The number of carbonyl (C=O) groups excluding carboxylic acids is 1. The Bertz CT molecular complexity index is 376. The number of carbonyl (C=O) groups is 1. The zero-order chi connectivity index (χ0) is 14.3. The minimum absolute atomic E-state index is 0.0396. The maximum atomic E-state index is 11.7. The van der Waals surface area contributed by atoms with Gasteiger partial charge in [0.15, 0.2) is 0 Å². The molecule has 1 fully saturated rings. The zero-order valence-electron chi connectivity index (χ0n) is 11.8. The first kappa shape index (κ1) is 16.4. The van der Waals surface area contributed by atoms with E-state index in [9.17, 15) is 13.2 Å². The van der Waals surface area contributed by atoms with Crippen molar-refractivity contribution in [1.29, 1.82) is 0 Å². The van der Waals surface area contributed by atoms with Crippen LogP contribution in [0.5, 0.6) is 0 Å². The average Bonchev–Trinajstić information content (AvgIpc) is 2.39. The third-order valence-corrected chi connectivity index (χ3v) is 5.24. The molecule has 1 aliphatic heterocycles. The average molecular weight is 291 g/mol. The van der Waals surface area contributed by atoms with Gasteiger partial charge in [-0.2, -0.15) is 0 Å². The van der Waals surface area contributed by atoms with Crippen molar-refractivity contribution in [2.75, 3.05) is 31.9 Å². The summed E-state index contributed by atoms with van der Waals surface area (Å²) in [5.74, 6) is 0.185. The van der Waals surface area contributed by atoms with E-state index >= 15 is 0 Å². The molecule has 19 heavy (non-hydrogen) atoms. The van der Waals surface area contributed by atoms with Crippen LogP contribution in [0.3, 0.4) is 0 Å². The SMILES string of the molecule is CCNCCC(=O)NC1CCN(S(=O)(=O)CC)CC1. The molecular formula is C12H25N3O3S. The standard InChI is InChI=1S/C12H25N3O3S/c1-3-13-8-5-12(16)14-11-6-9-15(10-7-11)19(17,18)4-2/h11,13H,3-10H2,1-2H3,(H,14,16). The fourth-order valence-electron chi connectivity index (χ4n) is 2.14. The first-order valence-corrected chi connectivity index (χ1v) is 8.58. The number of nitrogens with zero attached hydrogens (tertiary/aromatic N) is 1. The molecule has 2 N–H and O–H groups in total. The highest BCUT2D eigenvalue weighted by atomic mass is 32.2. The first-order chi connectivity index (χ1) is 8.99. The molecule has 0 unspecified atom stereocenters. The summed E-state index contributed by atoms with van der Waals surface area (Å²) in [5, 5.41) is 6.07. The molecule has 0 aliphatic carbocycles. The summed E-state index contributed by atoms with van der Waals surface area (Å²) in [5.41, 5.74) is 0. The Hall–Kier alpha value is -0.660. The molecule has 0 aromatic rings. The van der Waals surface area contributed by atoms with Gasteiger partial charge in [-0.05, 0) is 26.3 Å². The van der Waals surface area contributed by atoms with Crippen molar-refractivity contribution in [1.82, 2.24) is 14.9 Å². The fraction of sp³-hybridized carbons (Fsp3) is 0.917. The van der Waals surface area contributed by atoms with Gasteiger partial charge in [0.25, 0.3) is 0 Å². The molecular weight excluding hydrogens is 266 g/mol. The van der Waals surface area contributed by atoms with Crippen molar-refractivity contribution in [3.63, 3.8) is 0 Å². The molecule has 0 bridgehead atoms. The molecule has 112 valence electrons. The summed E-state index contributed by atoms with van der Waals surface area (Å²) in [7, 11) is -3.08. The van der Waals surface area contributed by atoms with Crippen molar-refractivity contribution < 1.29 is 13.2 Å². The molecule has 1 saturated heterocycles. The van der Waals surface area contributed by atoms with Crippen LogP contribution in [-0.2, 0) is 14.8 Å². The lowest BCUT2D eigenvalue weighted by Crippen LogP contribution is -2.47. The predicted octanol–water partition coefficient (Wildman–Crippen LogP) is -0.0837. The van der Waals surface area contributed by atoms with Gasteiger partial charge in [-0.25, -0.2) is 12.7 Å². The largest absolute Gasteiger partial charge is 0.353 e. The highest BCUT2D eigenvalue weighted by Gasteiger charge is 2.27. The van der Waals surface area contributed by atoms with Crippen molar-refractivity contribution >= 4 is 15.9 Å². The number of piperidine rings is 1. The van der Waals surface area contributed by atoms with E-state index in [1.807, 2.05) is 6.92 Å². The lowest BCUT2D eigenvalue weighted by atomic mass is 10.1. The van der Waals surface area contributed by atoms with Gasteiger partial charge in [0.1, 0.15) is 0 Å². The van der Waals surface area contributed by atoms with E-state index in [1.165, 1.54) is 4.31 Å². The van der Waals surface area contributed by atoms with Crippen LogP contribution >= 0.6 is 0 Å². The molecule has 1 amide bonds. The smallest absolute Gasteiger partial charge is 0.221 e. The van der Waals surface area contributed by atoms with Gasteiger partial charge < -0.3 is 10.6 Å². The van der Waals surface area contributed by atoms with E-state index in [-0.39, 0.29) is 17.7 Å². The lowest BCUT2D eigenvalue weighted by Gasteiger charge is -2.31. The highest BCUT2D eigenvalue weighted by molar-refractivity contribution is 7.89. The number of hydrogen-bond acceptors (Lipinski definition) is 4. The topological polar surface area (TPSA) is 78.5 Å². The first-order valence-electron chi connectivity index (χ1n) is 6.97. The van der Waals surface area contributed by atoms with Gasteiger partial charge in [-0.3, -0.25) is 4.79 Å². The maximum absolute atomic E-state index is 11.7. The summed E-state index contributed by atoms with van der Waals surface area (Å²) < 4.78 is 24.9. The van der Waals surface area contributed by atoms with Gasteiger partial charge in [0.2, 0.25) is 15.9 Å². The highest BCUT2D eigenvalue weighted by Crippen LogP contribution is 2.14. The monoisotopic (exact) mass is 291 g/mol. The van der Waals surface area contributed by atoms with Crippen molar-refractivity contribution in [2.24, 2.45) is 0 Å². The van der Waals surface area contributed by atoms with Crippen LogP contribution < -0.4 is 10.6 Å². The number of hydrogen-bond donors (Lipinski definition) is 2. The van der Waals surface area contributed by atoms with E-state index in [1.54, 1.807) is 6.92 Å². The zero-order valence-corrected chi connectivity index (χ0v) is 12.6. The second-order valence-corrected chi connectivity index (χ2v) is 7.00. The van der Waals surface area contributed by atoms with Crippen LogP contribution in [0, 0.1) is 0 Å². The summed E-state index contributed by atoms with van der Waals surface area (Å²) in [6, 6.07) is 0.109. The third kappa shape index (κ3) is 5.46. The Morgan fingerprint density at radius 2 is 1.89 bits per heavy atom. The van der Waals surface area contributed by atoms with Crippen molar-refractivity contribution in [3.05, 3.63) is 0 Å². The van der Waals surface area contributed by atoms with E-state index in [2.05, 4.69) is 10.6 Å².